The molecule has 1 heterocycles. The Morgan fingerprint density at radius 2 is 1.61 bits per heavy atom. The van der Waals surface area contributed by atoms with Gasteiger partial charge in [0.2, 0.25) is 0 Å². The van der Waals surface area contributed by atoms with Crippen LogP contribution in [-0.4, -0.2) is 35.2 Å². The molecule has 5 rings (SSSR count). The monoisotopic (exact) mass is 413 g/mol. The van der Waals surface area contributed by atoms with E-state index in [-0.39, 0.29) is 25.0 Å². The van der Waals surface area contributed by atoms with Crippen LogP contribution < -0.4 is 0 Å². The van der Waals surface area contributed by atoms with Gasteiger partial charge in [-0.15, -0.1) is 0 Å². The lowest BCUT2D eigenvalue weighted by atomic mass is 9.93. The minimum atomic E-state index is -0.869. The van der Waals surface area contributed by atoms with E-state index in [1.54, 1.807) is 4.90 Å². The predicted molar refractivity (Wildman–Crippen MR) is 117 cm³/mol. The second kappa shape index (κ2) is 7.91. The van der Waals surface area contributed by atoms with Crippen molar-refractivity contribution in [2.24, 2.45) is 0 Å². The van der Waals surface area contributed by atoms with Gasteiger partial charge in [0.15, 0.2) is 0 Å². The van der Waals surface area contributed by atoms with Crippen LogP contribution in [-0.2, 0) is 28.9 Å². The highest BCUT2D eigenvalue weighted by Crippen LogP contribution is 2.44. The summed E-state index contributed by atoms with van der Waals surface area (Å²) < 4.78 is 5.79. The number of carboxylic acid groups (broad SMARTS) is 1. The van der Waals surface area contributed by atoms with Crippen molar-refractivity contribution in [3.63, 3.8) is 0 Å². The smallest absolute Gasteiger partial charge is 0.410 e. The van der Waals surface area contributed by atoms with Gasteiger partial charge in [-0.25, -0.2) is 4.79 Å². The summed E-state index contributed by atoms with van der Waals surface area (Å²) in [7, 11) is 0. The van der Waals surface area contributed by atoms with E-state index in [4.69, 9.17) is 4.74 Å². The van der Waals surface area contributed by atoms with E-state index >= 15 is 0 Å². The van der Waals surface area contributed by atoms with Crippen molar-refractivity contribution in [3.8, 4) is 11.1 Å². The van der Waals surface area contributed by atoms with Crippen molar-refractivity contribution >= 4 is 12.1 Å². The van der Waals surface area contributed by atoms with E-state index < -0.39 is 5.97 Å². The molecule has 1 aliphatic carbocycles. The van der Waals surface area contributed by atoms with E-state index in [2.05, 4.69) is 24.3 Å². The Morgan fingerprint density at radius 3 is 2.29 bits per heavy atom. The van der Waals surface area contributed by atoms with Crippen LogP contribution in [0.2, 0.25) is 0 Å². The molecule has 1 aliphatic heterocycles. The Morgan fingerprint density at radius 1 is 0.935 bits per heavy atom. The average Bonchev–Trinajstić information content (AvgIpc) is 3.11. The summed E-state index contributed by atoms with van der Waals surface area (Å²) in [6.07, 6.45) is 0.312. The quantitative estimate of drug-likeness (QED) is 0.678. The highest BCUT2D eigenvalue weighted by molar-refractivity contribution is 5.79. The van der Waals surface area contributed by atoms with Crippen molar-refractivity contribution in [1.82, 2.24) is 4.90 Å². The van der Waals surface area contributed by atoms with Gasteiger partial charge in [-0.3, -0.25) is 4.79 Å². The first-order chi connectivity index (χ1) is 15.1. The van der Waals surface area contributed by atoms with Gasteiger partial charge in [0.1, 0.15) is 6.61 Å². The fourth-order valence-electron chi connectivity index (χ4n) is 4.82. The third-order valence-corrected chi connectivity index (χ3v) is 6.31. The Labute approximate surface area is 180 Å². The maximum Gasteiger partial charge on any atom is 0.410 e. The first-order valence-electron chi connectivity index (χ1n) is 10.5. The maximum atomic E-state index is 12.9. The standard InChI is InChI=1S/C26H23NO4/c28-25(29)14-18-7-5-6-17-12-13-27(15-23(17)18)26(30)31-16-24-21-10-3-1-8-19(21)20-9-2-4-11-22(20)24/h1-11,24H,12-16H2,(H,28,29). The minimum Gasteiger partial charge on any atom is -0.481 e. The van der Waals surface area contributed by atoms with E-state index in [0.717, 1.165) is 16.7 Å². The molecule has 31 heavy (non-hydrogen) atoms. The van der Waals surface area contributed by atoms with E-state index in [1.165, 1.54) is 22.3 Å². The SMILES string of the molecule is O=C(O)Cc1cccc2c1CN(C(=O)OCC1c3ccccc3-c3ccccc31)CC2. The third-order valence-electron chi connectivity index (χ3n) is 6.31. The lowest BCUT2D eigenvalue weighted by Gasteiger charge is -2.30. The molecule has 0 saturated carbocycles. The van der Waals surface area contributed by atoms with Gasteiger partial charge in [-0.1, -0.05) is 66.7 Å². The van der Waals surface area contributed by atoms with Gasteiger partial charge in [0, 0.05) is 19.0 Å². The third kappa shape index (κ3) is 3.56. The molecular weight excluding hydrogens is 390 g/mol. The second-order valence-electron chi connectivity index (χ2n) is 8.10. The zero-order valence-electron chi connectivity index (χ0n) is 17.1. The molecule has 0 spiro atoms. The molecule has 3 aromatic rings. The number of hydrogen-bond donors (Lipinski definition) is 1. The molecule has 2 aliphatic rings. The fraction of sp³-hybridized carbons (Fsp3) is 0.231. The van der Waals surface area contributed by atoms with Crippen LogP contribution in [0.5, 0.6) is 0 Å². The molecule has 5 nitrogen and oxygen atoms in total. The van der Waals surface area contributed by atoms with Crippen LogP contribution in [0.4, 0.5) is 4.79 Å². The van der Waals surface area contributed by atoms with Gasteiger partial charge in [-0.2, -0.15) is 0 Å². The average molecular weight is 413 g/mol. The zero-order valence-corrected chi connectivity index (χ0v) is 17.1. The number of hydrogen-bond acceptors (Lipinski definition) is 3. The predicted octanol–water partition coefficient (Wildman–Crippen LogP) is 4.62. The summed E-state index contributed by atoms with van der Waals surface area (Å²) in [6.45, 7) is 1.24. The summed E-state index contributed by atoms with van der Waals surface area (Å²) in [5, 5.41) is 9.20. The Bertz CT molecular complexity index is 1120. The zero-order chi connectivity index (χ0) is 21.4. The maximum absolute atomic E-state index is 12.9. The van der Waals surface area contributed by atoms with Crippen molar-refractivity contribution in [1.29, 1.82) is 0 Å². The van der Waals surface area contributed by atoms with Crippen LogP contribution in [0, 0.1) is 0 Å². The molecule has 0 atom stereocenters. The second-order valence-corrected chi connectivity index (χ2v) is 8.10. The van der Waals surface area contributed by atoms with E-state index in [1.807, 2.05) is 42.5 Å². The van der Waals surface area contributed by atoms with Gasteiger partial charge in [0.25, 0.3) is 0 Å². The normalized spacial score (nSPS) is 14.5. The fourth-order valence-corrected chi connectivity index (χ4v) is 4.82. The molecule has 1 amide bonds. The van der Waals surface area contributed by atoms with Gasteiger partial charge in [-0.05, 0) is 45.4 Å². The molecule has 0 radical (unpaired) electrons. The van der Waals surface area contributed by atoms with E-state index in [9.17, 15) is 14.7 Å². The number of fused-ring (bicyclic) bond motifs is 4. The number of nitrogens with zero attached hydrogens (tertiary/aromatic N) is 1. The largest absolute Gasteiger partial charge is 0.481 e. The number of carbonyl (C=O) groups is 2. The number of benzene rings is 3. The molecule has 5 heteroatoms. The van der Waals surface area contributed by atoms with Crippen LogP contribution in [0.3, 0.4) is 0 Å². The molecular formula is C26H23NO4. The van der Waals surface area contributed by atoms with Gasteiger partial charge >= 0.3 is 12.1 Å². The molecule has 0 unspecified atom stereocenters. The Hall–Kier alpha value is -3.60. The topological polar surface area (TPSA) is 66.8 Å². The summed E-state index contributed by atoms with van der Waals surface area (Å²) in [5.41, 5.74) is 7.58. The first kappa shape index (κ1) is 19.4. The number of aliphatic carboxylic acids is 1. The lowest BCUT2D eigenvalue weighted by Crippen LogP contribution is -2.37. The van der Waals surface area contributed by atoms with Crippen LogP contribution in [0.25, 0.3) is 11.1 Å². The van der Waals surface area contributed by atoms with Crippen molar-refractivity contribution in [3.05, 3.63) is 94.5 Å². The molecule has 1 N–H and O–H groups in total. The molecule has 0 saturated heterocycles. The van der Waals surface area contributed by atoms with Crippen molar-refractivity contribution in [2.75, 3.05) is 13.2 Å². The van der Waals surface area contributed by atoms with Crippen LogP contribution >= 0.6 is 0 Å². The minimum absolute atomic E-state index is 0.0241. The number of amides is 1. The highest BCUT2D eigenvalue weighted by atomic mass is 16.6. The number of carbonyl (C=O) groups excluding carboxylic acids is 1. The van der Waals surface area contributed by atoms with Crippen LogP contribution in [0.15, 0.2) is 66.7 Å². The van der Waals surface area contributed by atoms with Crippen molar-refractivity contribution in [2.45, 2.75) is 25.3 Å². The first-order valence-corrected chi connectivity index (χ1v) is 10.5. The molecule has 0 aromatic heterocycles. The van der Waals surface area contributed by atoms with Gasteiger partial charge < -0.3 is 14.7 Å². The number of rotatable bonds is 4. The summed E-state index contributed by atoms with van der Waals surface area (Å²) in [4.78, 5) is 25.8. The molecule has 0 fully saturated rings. The summed E-state index contributed by atoms with van der Waals surface area (Å²) >= 11 is 0. The summed E-state index contributed by atoms with van der Waals surface area (Å²) in [6, 6.07) is 22.3. The lowest BCUT2D eigenvalue weighted by molar-refractivity contribution is -0.136. The molecule has 156 valence electrons. The molecule has 0 bridgehead atoms. The molecule has 3 aromatic carbocycles. The highest BCUT2D eigenvalue weighted by Gasteiger charge is 2.30. The number of carboxylic acids is 1. The Kier molecular flexibility index (Phi) is 4.94. The van der Waals surface area contributed by atoms with E-state index in [0.29, 0.717) is 19.5 Å². The van der Waals surface area contributed by atoms with Gasteiger partial charge in [0.05, 0.1) is 6.42 Å². The van der Waals surface area contributed by atoms with Crippen molar-refractivity contribution < 1.29 is 19.4 Å². The van der Waals surface area contributed by atoms with Crippen LogP contribution in [0.1, 0.15) is 33.7 Å². The number of ether oxygens (including phenoxy) is 1. The summed E-state index contributed by atoms with van der Waals surface area (Å²) in [5.74, 6) is -0.845. The Balaban J connectivity index is 1.32.